The molecule has 0 unspecified atom stereocenters. The zero-order chi connectivity index (χ0) is 20.4. The quantitative estimate of drug-likeness (QED) is 0.694. The number of fused-ring (bicyclic) bond motifs is 1. The van der Waals surface area contributed by atoms with E-state index in [-0.39, 0.29) is 5.91 Å². The lowest BCUT2D eigenvalue weighted by atomic mass is 9.95. The molecule has 1 aliphatic heterocycles. The van der Waals surface area contributed by atoms with Crippen LogP contribution in [0.4, 0.5) is 11.6 Å². The topological polar surface area (TPSA) is 90.3 Å². The van der Waals surface area contributed by atoms with Gasteiger partial charge in [-0.25, -0.2) is 4.68 Å². The van der Waals surface area contributed by atoms with E-state index < -0.39 is 6.04 Å². The summed E-state index contributed by atoms with van der Waals surface area (Å²) in [6.07, 6.45) is 1.47. The Kier molecular flexibility index (Phi) is 4.90. The SMILES string of the molecule is COc1ccc([C@H]2C(C(=O)Nc3ccccc3OC)=C(C)Nc3ncnn32)cc1. The smallest absolute Gasteiger partial charge is 0.255 e. The van der Waals surface area contributed by atoms with E-state index in [2.05, 4.69) is 20.7 Å². The van der Waals surface area contributed by atoms with Crippen molar-refractivity contribution in [2.75, 3.05) is 24.9 Å². The second-order valence-electron chi connectivity index (χ2n) is 6.52. The average Bonchev–Trinajstić information content (AvgIpc) is 3.21. The number of benzene rings is 2. The van der Waals surface area contributed by atoms with E-state index in [0.29, 0.717) is 28.7 Å². The number of methoxy groups -OCH3 is 2. The van der Waals surface area contributed by atoms with Crippen molar-refractivity contribution in [3.63, 3.8) is 0 Å². The number of ether oxygens (including phenoxy) is 2. The van der Waals surface area contributed by atoms with Gasteiger partial charge in [0.05, 0.1) is 25.5 Å². The van der Waals surface area contributed by atoms with Crippen molar-refractivity contribution in [2.45, 2.75) is 13.0 Å². The van der Waals surface area contributed by atoms with Crippen LogP contribution >= 0.6 is 0 Å². The molecule has 0 saturated heterocycles. The molecule has 0 aliphatic carbocycles. The fourth-order valence-corrected chi connectivity index (χ4v) is 3.42. The van der Waals surface area contributed by atoms with Crippen LogP contribution < -0.4 is 20.1 Å². The van der Waals surface area contributed by atoms with Gasteiger partial charge in [-0.05, 0) is 36.8 Å². The van der Waals surface area contributed by atoms with Crippen molar-refractivity contribution in [1.82, 2.24) is 14.8 Å². The van der Waals surface area contributed by atoms with E-state index in [9.17, 15) is 4.79 Å². The number of para-hydroxylation sites is 2. The Labute approximate surface area is 168 Å². The highest BCUT2D eigenvalue weighted by Crippen LogP contribution is 2.36. The minimum Gasteiger partial charge on any atom is -0.497 e. The normalized spacial score (nSPS) is 15.3. The maximum absolute atomic E-state index is 13.3. The molecule has 2 N–H and O–H groups in total. The molecule has 1 aromatic heterocycles. The maximum Gasteiger partial charge on any atom is 0.255 e. The Balaban J connectivity index is 1.75. The third-order valence-electron chi connectivity index (χ3n) is 4.83. The lowest BCUT2D eigenvalue weighted by molar-refractivity contribution is -0.113. The van der Waals surface area contributed by atoms with Crippen LogP contribution in [0.2, 0.25) is 0 Å². The molecule has 4 rings (SSSR count). The molecule has 1 atom stereocenters. The van der Waals surface area contributed by atoms with E-state index in [1.807, 2.05) is 43.3 Å². The number of aromatic nitrogens is 3. The Morgan fingerprint density at radius 3 is 2.59 bits per heavy atom. The zero-order valence-electron chi connectivity index (χ0n) is 16.3. The number of nitrogens with one attached hydrogen (secondary N) is 2. The summed E-state index contributed by atoms with van der Waals surface area (Å²) in [7, 11) is 3.19. The summed E-state index contributed by atoms with van der Waals surface area (Å²) in [6, 6.07) is 14.4. The van der Waals surface area contributed by atoms with Gasteiger partial charge < -0.3 is 20.1 Å². The van der Waals surface area contributed by atoms with Gasteiger partial charge in [0, 0.05) is 5.70 Å². The summed E-state index contributed by atoms with van der Waals surface area (Å²) >= 11 is 0. The van der Waals surface area contributed by atoms with Gasteiger partial charge >= 0.3 is 0 Å². The van der Waals surface area contributed by atoms with E-state index in [1.54, 1.807) is 31.0 Å². The number of nitrogens with zero attached hydrogens (tertiary/aromatic N) is 3. The summed E-state index contributed by atoms with van der Waals surface area (Å²) in [6.45, 7) is 1.85. The van der Waals surface area contributed by atoms with Crippen LogP contribution in [0.1, 0.15) is 18.5 Å². The van der Waals surface area contributed by atoms with E-state index >= 15 is 0 Å². The molecule has 1 amide bonds. The van der Waals surface area contributed by atoms with E-state index in [0.717, 1.165) is 11.3 Å². The molecule has 2 heterocycles. The monoisotopic (exact) mass is 391 g/mol. The van der Waals surface area contributed by atoms with Crippen molar-refractivity contribution in [2.24, 2.45) is 0 Å². The molecule has 8 heteroatoms. The fourth-order valence-electron chi connectivity index (χ4n) is 3.42. The zero-order valence-corrected chi connectivity index (χ0v) is 16.3. The predicted molar refractivity (Wildman–Crippen MR) is 109 cm³/mol. The molecule has 0 fully saturated rings. The van der Waals surface area contributed by atoms with Gasteiger partial charge in [-0.3, -0.25) is 4.79 Å². The van der Waals surface area contributed by atoms with Gasteiger partial charge in [0.15, 0.2) is 0 Å². The number of allylic oxidation sites excluding steroid dienone is 1. The highest BCUT2D eigenvalue weighted by Gasteiger charge is 2.33. The van der Waals surface area contributed by atoms with Crippen LogP contribution in [-0.4, -0.2) is 34.9 Å². The molecule has 0 bridgehead atoms. The molecular weight excluding hydrogens is 370 g/mol. The summed E-state index contributed by atoms with van der Waals surface area (Å²) < 4.78 is 12.3. The Morgan fingerprint density at radius 1 is 1.10 bits per heavy atom. The van der Waals surface area contributed by atoms with Gasteiger partial charge in [0.25, 0.3) is 5.91 Å². The average molecular weight is 391 g/mol. The fraction of sp³-hybridized carbons (Fsp3) is 0.190. The Hall–Kier alpha value is -3.81. The second kappa shape index (κ2) is 7.67. The van der Waals surface area contributed by atoms with Crippen LogP contribution in [0.3, 0.4) is 0 Å². The molecule has 0 spiro atoms. The van der Waals surface area contributed by atoms with Crippen LogP contribution in [0.5, 0.6) is 11.5 Å². The maximum atomic E-state index is 13.3. The van der Waals surface area contributed by atoms with Gasteiger partial charge in [-0.1, -0.05) is 24.3 Å². The first kappa shape index (κ1) is 18.5. The van der Waals surface area contributed by atoms with Gasteiger partial charge in [0.2, 0.25) is 5.95 Å². The number of carbonyl (C=O) groups is 1. The highest BCUT2D eigenvalue weighted by atomic mass is 16.5. The molecule has 3 aromatic rings. The summed E-state index contributed by atoms with van der Waals surface area (Å²) in [5.74, 6) is 1.66. The molecular formula is C21H21N5O3. The Bertz CT molecular complexity index is 1070. The van der Waals surface area contributed by atoms with Gasteiger partial charge in [-0.15, -0.1) is 0 Å². The minimum atomic E-state index is -0.436. The lowest BCUT2D eigenvalue weighted by Crippen LogP contribution is -2.31. The molecule has 29 heavy (non-hydrogen) atoms. The number of hydrogen-bond donors (Lipinski definition) is 2. The van der Waals surface area contributed by atoms with Crippen molar-refractivity contribution in [3.8, 4) is 11.5 Å². The van der Waals surface area contributed by atoms with Crippen LogP contribution in [0, 0.1) is 0 Å². The van der Waals surface area contributed by atoms with E-state index in [1.165, 1.54) is 6.33 Å². The minimum absolute atomic E-state index is 0.249. The second-order valence-corrected chi connectivity index (χ2v) is 6.52. The molecule has 0 radical (unpaired) electrons. The molecule has 1 aliphatic rings. The molecule has 2 aromatic carbocycles. The van der Waals surface area contributed by atoms with Crippen LogP contribution in [0.15, 0.2) is 66.1 Å². The van der Waals surface area contributed by atoms with Crippen LogP contribution in [-0.2, 0) is 4.79 Å². The largest absolute Gasteiger partial charge is 0.497 e. The van der Waals surface area contributed by atoms with Crippen molar-refractivity contribution in [1.29, 1.82) is 0 Å². The first-order valence-electron chi connectivity index (χ1n) is 9.08. The molecule has 148 valence electrons. The first-order chi connectivity index (χ1) is 14.1. The number of hydrogen-bond acceptors (Lipinski definition) is 6. The summed E-state index contributed by atoms with van der Waals surface area (Å²) in [4.78, 5) is 17.6. The van der Waals surface area contributed by atoms with Crippen molar-refractivity contribution in [3.05, 3.63) is 71.7 Å². The number of amides is 1. The summed E-state index contributed by atoms with van der Waals surface area (Å²) in [5.41, 5.74) is 2.74. The van der Waals surface area contributed by atoms with E-state index in [4.69, 9.17) is 9.47 Å². The third-order valence-corrected chi connectivity index (χ3v) is 4.83. The third kappa shape index (κ3) is 3.40. The van der Waals surface area contributed by atoms with Crippen molar-refractivity contribution < 1.29 is 14.3 Å². The van der Waals surface area contributed by atoms with Gasteiger partial charge in [0.1, 0.15) is 23.9 Å². The first-order valence-corrected chi connectivity index (χ1v) is 9.08. The molecule has 0 saturated carbocycles. The number of anilines is 2. The van der Waals surface area contributed by atoms with Crippen LogP contribution in [0.25, 0.3) is 0 Å². The van der Waals surface area contributed by atoms with Gasteiger partial charge in [-0.2, -0.15) is 10.1 Å². The predicted octanol–water partition coefficient (Wildman–Crippen LogP) is 3.22. The lowest BCUT2D eigenvalue weighted by Gasteiger charge is -2.29. The number of carbonyl (C=O) groups excluding carboxylic acids is 1. The highest BCUT2D eigenvalue weighted by molar-refractivity contribution is 6.06. The Morgan fingerprint density at radius 2 is 1.86 bits per heavy atom. The van der Waals surface area contributed by atoms with Crippen molar-refractivity contribution >= 4 is 17.5 Å². The standard InChI is InChI=1S/C21H21N5O3/c1-13-18(20(27)25-16-6-4-5-7-17(16)29-3)19(26-21(24-13)22-12-23-26)14-8-10-15(28-2)11-9-14/h4-12,19H,1-3H3,(H,25,27)(H,22,23,24)/t19-/m0/s1. The summed E-state index contributed by atoms with van der Waals surface area (Å²) in [5, 5.41) is 10.5. The molecule has 8 nitrogen and oxygen atoms in total. The number of rotatable bonds is 5.